The highest BCUT2D eigenvalue weighted by Gasteiger charge is 2.18. The van der Waals surface area contributed by atoms with Crippen LogP contribution in [0.4, 0.5) is 5.82 Å². The van der Waals surface area contributed by atoms with Gasteiger partial charge in [-0.3, -0.25) is 4.79 Å². The molecule has 1 aliphatic heterocycles. The van der Waals surface area contributed by atoms with E-state index in [1.807, 2.05) is 30.3 Å². The van der Waals surface area contributed by atoms with Crippen molar-refractivity contribution in [1.82, 2.24) is 15.3 Å². The molecule has 2 aromatic rings. The summed E-state index contributed by atoms with van der Waals surface area (Å²) < 4.78 is 5.00. The third kappa shape index (κ3) is 6.86. The fraction of sp³-hybridized carbons (Fsp3) is 0.500. The second kappa shape index (κ2) is 11.5. The first-order chi connectivity index (χ1) is 14.5. The van der Waals surface area contributed by atoms with Crippen LogP contribution < -0.4 is 10.2 Å². The van der Waals surface area contributed by atoms with Crippen molar-refractivity contribution in [2.75, 3.05) is 38.3 Å². The van der Waals surface area contributed by atoms with Gasteiger partial charge in [-0.2, -0.15) is 0 Å². The van der Waals surface area contributed by atoms with E-state index in [9.17, 15) is 4.79 Å². The zero-order valence-electron chi connectivity index (χ0n) is 17.6. The van der Waals surface area contributed by atoms with Gasteiger partial charge in [0.1, 0.15) is 11.0 Å². The molecule has 1 saturated heterocycles. The van der Waals surface area contributed by atoms with E-state index in [0.717, 1.165) is 36.8 Å². The van der Waals surface area contributed by atoms with Gasteiger partial charge in [0.25, 0.3) is 5.91 Å². The fourth-order valence-electron chi connectivity index (χ4n) is 3.32. The smallest absolute Gasteiger partial charge is 0.251 e. The van der Waals surface area contributed by atoms with Crippen LogP contribution in [0.2, 0.25) is 5.15 Å². The molecule has 6 nitrogen and oxygen atoms in total. The third-order valence-corrected chi connectivity index (χ3v) is 6.25. The van der Waals surface area contributed by atoms with E-state index in [1.54, 1.807) is 7.11 Å². The number of aromatic nitrogens is 2. The average Bonchev–Trinajstić information content (AvgIpc) is 2.75. The van der Waals surface area contributed by atoms with Gasteiger partial charge < -0.3 is 15.0 Å². The number of anilines is 1. The van der Waals surface area contributed by atoms with Crippen LogP contribution in [-0.2, 0) is 10.5 Å². The summed E-state index contributed by atoms with van der Waals surface area (Å²) in [6.07, 6.45) is 3.14. The second-order valence-electron chi connectivity index (χ2n) is 7.59. The maximum Gasteiger partial charge on any atom is 0.251 e. The zero-order valence-corrected chi connectivity index (χ0v) is 19.1. The van der Waals surface area contributed by atoms with Crippen LogP contribution in [0.3, 0.4) is 0 Å². The summed E-state index contributed by atoms with van der Waals surface area (Å²) in [6, 6.07) is 9.49. The summed E-state index contributed by atoms with van der Waals surface area (Å²) in [5, 5.41) is 4.04. The molecule has 0 saturated carbocycles. The minimum absolute atomic E-state index is 0.0708. The Kier molecular flexibility index (Phi) is 8.78. The summed E-state index contributed by atoms with van der Waals surface area (Å²) in [5.41, 5.74) is 1.70. The lowest BCUT2D eigenvalue weighted by Gasteiger charge is -2.31. The normalized spacial score (nSPS) is 14.7. The Balaban J connectivity index is 1.59. The molecule has 3 rings (SSSR count). The Labute approximate surface area is 187 Å². The number of ether oxygens (including phenoxy) is 1. The van der Waals surface area contributed by atoms with Gasteiger partial charge in [-0.05, 0) is 42.9 Å². The van der Waals surface area contributed by atoms with Crippen molar-refractivity contribution in [2.24, 2.45) is 5.92 Å². The van der Waals surface area contributed by atoms with Gasteiger partial charge in [0.2, 0.25) is 0 Å². The number of hydrogen-bond donors (Lipinski definition) is 1. The monoisotopic (exact) mass is 448 g/mol. The number of rotatable bonds is 9. The van der Waals surface area contributed by atoms with Crippen LogP contribution in [0, 0.1) is 5.92 Å². The van der Waals surface area contributed by atoms with Crippen LogP contribution >= 0.6 is 23.4 Å². The summed E-state index contributed by atoms with van der Waals surface area (Å²) in [7, 11) is 1.66. The topological polar surface area (TPSA) is 67.3 Å². The number of carbonyl (C=O) groups is 1. The summed E-state index contributed by atoms with van der Waals surface area (Å²) in [5.74, 6) is 2.26. The van der Waals surface area contributed by atoms with E-state index in [-0.39, 0.29) is 5.91 Å². The lowest BCUT2D eigenvalue weighted by Crippen LogP contribution is -2.33. The largest absolute Gasteiger partial charge is 0.385 e. The highest BCUT2D eigenvalue weighted by atomic mass is 35.5. The van der Waals surface area contributed by atoms with Crippen LogP contribution in [0.15, 0.2) is 35.5 Å². The number of piperidine rings is 1. The minimum Gasteiger partial charge on any atom is -0.385 e. The van der Waals surface area contributed by atoms with Gasteiger partial charge in [-0.15, -0.1) is 0 Å². The molecule has 1 aliphatic rings. The van der Waals surface area contributed by atoms with Gasteiger partial charge >= 0.3 is 0 Å². The molecule has 162 valence electrons. The van der Waals surface area contributed by atoms with Gasteiger partial charge in [-0.1, -0.05) is 42.4 Å². The minimum atomic E-state index is -0.0708. The van der Waals surface area contributed by atoms with Crippen LogP contribution in [0.25, 0.3) is 0 Å². The number of amides is 1. The molecule has 0 radical (unpaired) electrons. The molecule has 0 unspecified atom stereocenters. The predicted molar refractivity (Wildman–Crippen MR) is 122 cm³/mol. The molecule has 1 aromatic heterocycles. The Morgan fingerprint density at radius 1 is 1.30 bits per heavy atom. The van der Waals surface area contributed by atoms with Crippen molar-refractivity contribution in [3.8, 4) is 0 Å². The number of nitrogens with one attached hydrogen (secondary N) is 1. The molecule has 0 aliphatic carbocycles. The Bertz CT molecular complexity index is 844. The number of nitrogens with zero attached hydrogens (tertiary/aromatic N) is 3. The number of benzene rings is 1. The lowest BCUT2D eigenvalue weighted by molar-refractivity contribution is 0.0948. The number of thioether (sulfide) groups is 1. The molecule has 1 fully saturated rings. The van der Waals surface area contributed by atoms with Crippen LogP contribution in [0.5, 0.6) is 0 Å². The summed E-state index contributed by atoms with van der Waals surface area (Å²) in [4.78, 5) is 23.7. The van der Waals surface area contributed by atoms with Crippen LogP contribution in [0.1, 0.15) is 42.1 Å². The first-order valence-electron chi connectivity index (χ1n) is 10.3. The maximum atomic E-state index is 12.3. The summed E-state index contributed by atoms with van der Waals surface area (Å²) in [6.45, 7) is 5.52. The molecule has 1 N–H and O–H groups in total. The van der Waals surface area contributed by atoms with E-state index in [1.165, 1.54) is 24.6 Å². The number of carbonyl (C=O) groups excluding carboxylic acids is 1. The molecule has 0 atom stereocenters. The fourth-order valence-corrected chi connectivity index (χ4v) is 4.34. The van der Waals surface area contributed by atoms with Crippen molar-refractivity contribution in [2.45, 2.75) is 37.1 Å². The molecule has 1 amide bonds. The van der Waals surface area contributed by atoms with Crippen LogP contribution in [-0.4, -0.2) is 49.2 Å². The molecule has 0 bridgehead atoms. The van der Waals surface area contributed by atoms with E-state index in [0.29, 0.717) is 34.8 Å². The maximum absolute atomic E-state index is 12.3. The highest BCUT2D eigenvalue weighted by molar-refractivity contribution is 7.98. The van der Waals surface area contributed by atoms with Crippen molar-refractivity contribution < 1.29 is 9.53 Å². The summed E-state index contributed by atoms with van der Waals surface area (Å²) >= 11 is 7.79. The number of methoxy groups -OCH3 is 1. The third-order valence-electron chi connectivity index (χ3n) is 5.14. The Morgan fingerprint density at radius 3 is 2.87 bits per heavy atom. The molecular formula is C22H29ClN4O2S. The van der Waals surface area contributed by atoms with Crippen molar-refractivity contribution in [3.05, 3.63) is 46.6 Å². The Hall–Kier alpha value is -1.83. The van der Waals surface area contributed by atoms with E-state index in [2.05, 4.69) is 22.1 Å². The van der Waals surface area contributed by atoms with Gasteiger partial charge in [-0.25, -0.2) is 9.97 Å². The highest BCUT2D eigenvalue weighted by Crippen LogP contribution is 2.27. The van der Waals surface area contributed by atoms with Crippen molar-refractivity contribution in [3.63, 3.8) is 0 Å². The lowest BCUT2D eigenvalue weighted by atomic mass is 9.99. The molecule has 0 spiro atoms. The molecule has 2 heterocycles. The quantitative estimate of drug-likeness (QED) is 0.265. The van der Waals surface area contributed by atoms with Gasteiger partial charge in [0.15, 0.2) is 5.16 Å². The van der Waals surface area contributed by atoms with E-state index < -0.39 is 0 Å². The predicted octanol–water partition coefficient (Wildman–Crippen LogP) is 4.42. The first kappa shape index (κ1) is 22.8. The second-order valence-corrected chi connectivity index (χ2v) is 8.92. The molecule has 1 aromatic carbocycles. The number of hydrogen-bond acceptors (Lipinski definition) is 6. The standard InChI is InChI=1S/C22H29ClN4O2S/c1-16-7-10-27(11-8-16)20-14-19(23)25-22(26-20)30-15-17-5-3-6-18(13-17)21(28)24-9-4-12-29-2/h3,5-6,13-14,16H,4,7-12,15H2,1-2H3,(H,24,28). The molecular weight excluding hydrogens is 420 g/mol. The van der Waals surface area contributed by atoms with E-state index in [4.69, 9.17) is 21.3 Å². The SMILES string of the molecule is COCCCNC(=O)c1cccc(CSc2nc(Cl)cc(N3CCC(C)CC3)n2)c1. The van der Waals surface area contributed by atoms with Gasteiger partial charge in [0.05, 0.1) is 0 Å². The first-order valence-corrected chi connectivity index (χ1v) is 11.7. The zero-order chi connectivity index (χ0) is 21.3. The van der Waals surface area contributed by atoms with E-state index >= 15 is 0 Å². The van der Waals surface area contributed by atoms with Crippen molar-refractivity contribution in [1.29, 1.82) is 0 Å². The molecule has 8 heteroatoms. The Morgan fingerprint density at radius 2 is 2.10 bits per heavy atom. The number of halogens is 1. The average molecular weight is 449 g/mol. The van der Waals surface area contributed by atoms with Gasteiger partial charge in [0, 0.05) is 50.7 Å². The molecule has 30 heavy (non-hydrogen) atoms. The van der Waals surface area contributed by atoms with Crippen molar-refractivity contribution >= 4 is 35.1 Å².